The van der Waals surface area contributed by atoms with Gasteiger partial charge in [-0.25, -0.2) is 0 Å². The van der Waals surface area contributed by atoms with Crippen molar-refractivity contribution in [3.05, 3.63) is 175 Å². The van der Waals surface area contributed by atoms with Crippen molar-refractivity contribution in [3.63, 3.8) is 0 Å². The maximum Gasteiger partial charge on any atom is 0.0971 e. The molecule has 0 saturated carbocycles. The predicted octanol–water partition coefficient (Wildman–Crippen LogP) is 12.7. The van der Waals surface area contributed by atoms with Crippen LogP contribution in [-0.2, 0) is 5.41 Å². The topological polar surface area (TPSA) is 30.7 Å². The molecule has 1 aliphatic rings. The highest BCUT2D eigenvalue weighted by atomic mass is 15.0. The Morgan fingerprint density at radius 1 is 0.404 bits per heavy atom. The third-order valence-electron chi connectivity index (χ3n) is 11.5. The van der Waals surface area contributed by atoms with Gasteiger partial charge in [0.2, 0.25) is 0 Å². The molecule has 10 aromatic rings. The quantitative estimate of drug-likeness (QED) is 0.176. The number of para-hydroxylation sites is 2. The highest BCUT2D eigenvalue weighted by molar-refractivity contribution is 6.23. The van der Waals surface area contributed by atoms with E-state index >= 15 is 0 Å². The second-order valence-electron chi connectivity index (χ2n) is 14.6. The number of fused-ring (bicyclic) bond motifs is 12. The summed E-state index contributed by atoms with van der Waals surface area (Å²) < 4.78 is 2.42. The molecule has 0 atom stereocenters. The Morgan fingerprint density at radius 3 is 1.63 bits per heavy atom. The van der Waals surface area contributed by atoms with Crippen molar-refractivity contribution in [2.45, 2.75) is 19.3 Å². The lowest BCUT2D eigenvalue weighted by molar-refractivity contribution is 0.660. The Labute approximate surface area is 301 Å². The fraction of sp³-hybridized carbons (Fsp3) is 0.0612. The molecule has 0 saturated heterocycles. The van der Waals surface area contributed by atoms with Gasteiger partial charge in [0.25, 0.3) is 0 Å². The van der Waals surface area contributed by atoms with Gasteiger partial charge in [-0.15, -0.1) is 0 Å². The molecule has 3 nitrogen and oxygen atoms in total. The van der Waals surface area contributed by atoms with Gasteiger partial charge in [0.15, 0.2) is 0 Å². The molecule has 0 bridgehead atoms. The molecule has 0 fully saturated rings. The first kappa shape index (κ1) is 29.2. The molecule has 0 amide bonds. The fourth-order valence-corrected chi connectivity index (χ4v) is 8.93. The molecule has 0 aliphatic heterocycles. The first-order chi connectivity index (χ1) is 25.5. The van der Waals surface area contributed by atoms with Crippen LogP contribution in [0.25, 0.3) is 93.5 Å². The Kier molecular flexibility index (Phi) is 6.01. The molecular formula is C49H33N3. The lowest BCUT2D eigenvalue weighted by atomic mass is 9.81. The van der Waals surface area contributed by atoms with Crippen LogP contribution in [0.2, 0.25) is 0 Å². The minimum absolute atomic E-state index is 0.156. The second-order valence-corrected chi connectivity index (χ2v) is 14.6. The van der Waals surface area contributed by atoms with Crippen LogP contribution >= 0.6 is 0 Å². The van der Waals surface area contributed by atoms with Crippen LogP contribution in [0.3, 0.4) is 0 Å². The summed E-state index contributed by atoms with van der Waals surface area (Å²) in [4.78, 5) is 9.55. The normalized spacial score (nSPS) is 13.3. The van der Waals surface area contributed by atoms with Crippen molar-refractivity contribution >= 4 is 54.4 Å². The van der Waals surface area contributed by atoms with Crippen molar-refractivity contribution in [1.82, 2.24) is 14.5 Å². The van der Waals surface area contributed by atoms with Gasteiger partial charge in [-0.3, -0.25) is 9.97 Å². The smallest absolute Gasteiger partial charge is 0.0971 e. The van der Waals surface area contributed by atoms with Crippen molar-refractivity contribution in [1.29, 1.82) is 0 Å². The van der Waals surface area contributed by atoms with Crippen LogP contribution in [0.1, 0.15) is 25.0 Å². The molecule has 1 aliphatic carbocycles. The summed E-state index contributed by atoms with van der Waals surface area (Å²) in [5.74, 6) is 0. The lowest BCUT2D eigenvalue weighted by Crippen LogP contribution is -2.15. The summed E-state index contributed by atoms with van der Waals surface area (Å²) in [7, 11) is 0. The average Bonchev–Trinajstić information content (AvgIpc) is 3.66. The highest BCUT2D eigenvalue weighted by Gasteiger charge is 2.36. The Bertz CT molecular complexity index is 3020. The van der Waals surface area contributed by atoms with Crippen LogP contribution in [-0.4, -0.2) is 14.5 Å². The van der Waals surface area contributed by atoms with Crippen molar-refractivity contribution < 1.29 is 0 Å². The first-order valence-corrected chi connectivity index (χ1v) is 18.0. The predicted molar refractivity (Wildman–Crippen MR) is 217 cm³/mol. The van der Waals surface area contributed by atoms with Gasteiger partial charge in [-0.1, -0.05) is 123 Å². The Morgan fingerprint density at radius 2 is 0.923 bits per heavy atom. The van der Waals surface area contributed by atoms with Crippen molar-refractivity contribution in [2.75, 3.05) is 0 Å². The van der Waals surface area contributed by atoms with E-state index in [0.717, 1.165) is 21.8 Å². The second kappa shape index (κ2) is 10.7. The van der Waals surface area contributed by atoms with Gasteiger partial charge < -0.3 is 4.57 Å². The Balaban J connectivity index is 1.000. The van der Waals surface area contributed by atoms with Crippen LogP contribution in [0, 0.1) is 0 Å². The molecule has 2 aromatic heterocycles. The van der Waals surface area contributed by atoms with E-state index < -0.39 is 0 Å². The number of hydrogen-bond acceptors (Lipinski definition) is 2. The van der Waals surface area contributed by atoms with E-state index in [9.17, 15) is 0 Å². The first-order valence-electron chi connectivity index (χ1n) is 18.0. The van der Waals surface area contributed by atoms with E-state index in [1.165, 1.54) is 82.8 Å². The van der Waals surface area contributed by atoms with E-state index in [2.05, 4.69) is 170 Å². The van der Waals surface area contributed by atoms with E-state index in [0.29, 0.717) is 0 Å². The van der Waals surface area contributed by atoms with E-state index in [4.69, 9.17) is 9.97 Å². The molecule has 52 heavy (non-hydrogen) atoms. The minimum Gasteiger partial charge on any atom is -0.309 e. The van der Waals surface area contributed by atoms with E-state index in [1.807, 2.05) is 0 Å². The van der Waals surface area contributed by atoms with E-state index in [-0.39, 0.29) is 5.41 Å². The van der Waals surface area contributed by atoms with Gasteiger partial charge in [0, 0.05) is 45.0 Å². The lowest BCUT2D eigenvalue weighted by Gasteiger charge is -2.23. The fourth-order valence-electron chi connectivity index (χ4n) is 8.93. The summed E-state index contributed by atoms with van der Waals surface area (Å²) in [5, 5.41) is 7.24. The molecule has 0 spiro atoms. The maximum atomic E-state index is 4.81. The summed E-state index contributed by atoms with van der Waals surface area (Å²) >= 11 is 0. The monoisotopic (exact) mass is 663 g/mol. The summed E-state index contributed by atoms with van der Waals surface area (Å²) in [5.41, 5.74) is 15.6. The number of hydrogen-bond donors (Lipinski definition) is 0. The molecule has 11 rings (SSSR count). The number of rotatable bonds is 3. The minimum atomic E-state index is -0.156. The third-order valence-corrected chi connectivity index (χ3v) is 11.5. The van der Waals surface area contributed by atoms with Gasteiger partial charge in [0.05, 0.1) is 22.1 Å². The van der Waals surface area contributed by atoms with Crippen molar-refractivity contribution in [3.8, 4) is 39.1 Å². The molecular weight excluding hydrogens is 631 g/mol. The van der Waals surface area contributed by atoms with Crippen LogP contribution in [0.15, 0.2) is 164 Å². The van der Waals surface area contributed by atoms with Crippen LogP contribution < -0.4 is 0 Å². The number of aromatic nitrogens is 3. The standard InChI is InChI=1S/C49H33N3/c1-49(2)43-28-33(19-22-37(43)38-23-20-34(29-44(38)49)52-45-16-7-5-13-39(45)40-14-6-8-17-46(40)52)31-11-9-10-30(26-31)32-18-21-36-35-12-3-4-15-41(35)47-48(42(36)27-32)51-25-24-50-47/h3-29H,1-2H3. The summed E-state index contributed by atoms with van der Waals surface area (Å²) in [6.07, 6.45) is 3.58. The summed E-state index contributed by atoms with van der Waals surface area (Å²) in [6.45, 7) is 4.75. The zero-order valence-electron chi connectivity index (χ0n) is 28.9. The van der Waals surface area contributed by atoms with Gasteiger partial charge in [-0.2, -0.15) is 0 Å². The molecule has 244 valence electrons. The van der Waals surface area contributed by atoms with Crippen LogP contribution in [0.5, 0.6) is 0 Å². The maximum absolute atomic E-state index is 4.81. The van der Waals surface area contributed by atoms with Gasteiger partial charge in [-0.05, 0) is 97.7 Å². The molecule has 0 unspecified atom stereocenters. The molecule has 8 aromatic carbocycles. The number of benzene rings is 8. The zero-order valence-corrected chi connectivity index (χ0v) is 28.9. The van der Waals surface area contributed by atoms with Crippen LogP contribution in [0.4, 0.5) is 0 Å². The Hall–Kier alpha value is -6.58. The zero-order chi connectivity index (χ0) is 34.6. The highest BCUT2D eigenvalue weighted by Crippen LogP contribution is 2.51. The average molecular weight is 664 g/mol. The number of nitrogens with zero attached hydrogens (tertiary/aromatic N) is 3. The van der Waals surface area contributed by atoms with E-state index in [1.54, 1.807) is 12.4 Å². The molecule has 0 radical (unpaired) electrons. The van der Waals surface area contributed by atoms with Gasteiger partial charge >= 0.3 is 0 Å². The molecule has 2 heterocycles. The molecule has 0 N–H and O–H groups in total. The molecule has 3 heteroatoms. The SMILES string of the molecule is CC1(C)c2cc(-c3cccc(-c4ccc5c6ccccc6c6nccnc6c5c4)c3)ccc2-c2ccc(-n3c4ccccc4c4ccccc43)cc21. The van der Waals surface area contributed by atoms with Gasteiger partial charge in [0.1, 0.15) is 0 Å². The third kappa shape index (κ3) is 4.08. The van der Waals surface area contributed by atoms with Crippen molar-refractivity contribution in [2.24, 2.45) is 0 Å². The largest absolute Gasteiger partial charge is 0.309 e. The summed E-state index contributed by atoms with van der Waals surface area (Å²) in [6, 6.07) is 55.8.